The average Bonchev–Trinajstić information content (AvgIpc) is 3.10. The molecule has 1 saturated heterocycles. The molecule has 3 rings (SSSR count). The van der Waals surface area contributed by atoms with Gasteiger partial charge >= 0.3 is 0 Å². The van der Waals surface area contributed by atoms with Crippen LogP contribution in [0.3, 0.4) is 0 Å². The van der Waals surface area contributed by atoms with Crippen molar-refractivity contribution in [2.45, 2.75) is 13.0 Å². The molecule has 0 bridgehead atoms. The summed E-state index contributed by atoms with van der Waals surface area (Å²) in [7, 11) is 0. The SMILES string of the molecule is C[C@@H](c1cc(F)ccc1F)N1CCN(C(=O)c2ccoc2)CC1. The van der Waals surface area contributed by atoms with Crippen molar-refractivity contribution in [1.29, 1.82) is 0 Å². The number of benzene rings is 1. The molecule has 1 aliphatic rings. The normalized spacial score (nSPS) is 17.3. The zero-order valence-corrected chi connectivity index (χ0v) is 12.8. The molecular formula is C17H18F2N2O2. The fraction of sp³-hybridized carbons (Fsp3) is 0.353. The number of rotatable bonds is 3. The Morgan fingerprint density at radius 1 is 1.17 bits per heavy atom. The Balaban J connectivity index is 1.64. The van der Waals surface area contributed by atoms with Crippen LogP contribution in [0, 0.1) is 11.6 Å². The maximum Gasteiger partial charge on any atom is 0.257 e. The monoisotopic (exact) mass is 320 g/mol. The van der Waals surface area contributed by atoms with E-state index < -0.39 is 11.6 Å². The molecule has 0 N–H and O–H groups in total. The van der Waals surface area contributed by atoms with E-state index in [0.717, 1.165) is 12.1 Å². The lowest BCUT2D eigenvalue weighted by Gasteiger charge is -2.38. The van der Waals surface area contributed by atoms with Crippen molar-refractivity contribution in [2.24, 2.45) is 0 Å². The minimum Gasteiger partial charge on any atom is -0.472 e. The summed E-state index contributed by atoms with van der Waals surface area (Å²) in [6, 6.07) is 4.91. The van der Waals surface area contributed by atoms with Crippen LogP contribution in [0.15, 0.2) is 41.2 Å². The first-order valence-corrected chi connectivity index (χ1v) is 7.56. The summed E-state index contributed by atoms with van der Waals surface area (Å²) in [6.45, 7) is 4.17. The van der Waals surface area contributed by atoms with E-state index in [4.69, 9.17) is 4.42 Å². The number of hydrogen-bond donors (Lipinski definition) is 0. The molecule has 1 aromatic carbocycles. The van der Waals surface area contributed by atoms with Crippen molar-refractivity contribution in [3.05, 3.63) is 59.6 Å². The number of nitrogens with zero attached hydrogens (tertiary/aromatic N) is 2. The first-order chi connectivity index (χ1) is 11.1. The molecule has 1 aliphatic heterocycles. The quantitative estimate of drug-likeness (QED) is 0.872. The molecule has 1 amide bonds. The summed E-state index contributed by atoms with van der Waals surface area (Å²) < 4.78 is 32.2. The van der Waals surface area contributed by atoms with Gasteiger partial charge in [0.15, 0.2) is 0 Å². The summed E-state index contributed by atoms with van der Waals surface area (Å²) in [5, 5.41) is 0. The fourth-order valence-electron chi connectivity index (χ4n) is 2.91. The van der Waals surface area contributed by atoms with Crippen LogP contribution >= 0.6 is 0 Å². The molecule has 1 fully saturated rings. The maximum atomic E-state index is 13.9. The van der Waals surface area contributed by atoms with Crippen LogP contribution in [0.4, 0.5) is 8.78 Å². The number of furan rings is 1. The average molecular weight is 320 g/mol. The summed E-state index contributed by atoms with van der Waals surface area (Å²) in [5.41, 5.74) is 0.877. The van der Waals surface area contributed by atoms with Gasteiger partial charge in [0.25, 0.3) is 5.91 Å². The van der Waals surface area contributed by atoms with Crippen LogP contribution in [0.25, 0.3) is 0 Å². The van der Waals surface area contributed by atoms with Gasteiger partial charge in [0.05, 0.1) is 11.8 Å². The Morgan fingerprint density at radius 3 is 2.57 bits per heavy atom. The van der Waals surface area contributed by atoms with Crippen molar-refractivity contribution >= 4 is 5.91 Å². The summed E-state index contributed by atoms with van der Waals surface area (Å²) in [6.07, 6.45) is 2.90. The lowest BCUT2D eigenvalue weighted by Crippen LogP contribution is -2.49. The van der Waals surface area contributed by atoms with E-state index in [0.29, 0.717) is 37.3 Å². The molecule has 0 saturated carbocycles. The van der Waals surface area contributed by atoms with Crippen LogP contribution in [-0.4, -0.2) is 41.9 Å². The third-order valence-corrected chi connectivity index (χ3v) is 4.33. The van der Waals surface area contributed by atoms with Gasteiger partial charge in [0, 0.05) is 37.8 Å². The highest BCUT2D eigenvalue weighted by Crippen LogP contribution is 2.25. The molecule has 0 radical (unpaired) electrons. The van der Waals surface area contributed by atoms with Gasteiger partial charge in [-0.2, -0.15) is 0 Å². The van der Waals surface area contributed by atoms with Crippen molar-refractivity contribution < 1.29 is 18.0 Å². The number of carbonyl (C=O) groups excluding carboxylic acids is 1. The second kappa shape index (κ2) is 6.50. The Labute approximate surface area is 133 Å². The Bertz CT molecular complexity index is 680. The Morgan fingerprint density at radius 2 is 1.91 bits per heavy atom. The molecule has 0 unspecified atom stereocenters. The second-order valence-electron chi connectivity index (χ2n) is 5.68. The molecular weight excluding hydrogens is 302 g/mol. The van der Waals surface area contributed by atoms with Crippen LogP contribution < -0.4 is 0 Å². The van der Waals surface area contributed by atoms with Gasteiger partial charge in [-0.05, 0) is 31.2 Å². The summed E-state index contributed by atoms with van der Waals surface area (Å²) in [4.78, 5) is 16.0. The van der Waals surface area contributed by atoms with Crippen LogP contribution in [0.2, 0.25) is 0 Å². The third-order valence-electron chi connectivity index (χ3n) is 4.33. The minimum atomic E-state index is -0.443. The zero-order valence-electron chi connectivity index (χ0n) is 12.8. The van der Waals surface area contributed by atoms with Crippen LogP contribution in [-0.2, 0) is 0 Å². The lowest BCUT2D eigenvalue weighted by atomic mass is 10.0. The van der Waals surface area contributed by atoms with Gasteiger partial charge in [-0.3, -0.25) is 9.69 Å². The lowest BCUT2D eigenvalue weighted by molar-refractivity contribution is 0.0578. The number of piperazine rings is 1. The molecule has 2 heterocycles. The molecule has 1 aromatic heterocycles. The molecule has 122 valence electrons. The van der Waals surface area contributed by atoms with E-state index in [1.807, 2.05) is 6.92 Å². The fourth-order valence-corrected chi connectivity index (χ4v) is 2.91. The summed E-state index contributed by atoms with van der Waals surface area (Å²) >= 11 is 0. The number of carbonyl (C=O) groups is 1. The second-order valence-corrected chi connectivity index (χ2v) is 5.68. The molecule has 1 atom stereocenters. The first kappa shape index (κ1) is 15.7. The zero-order chi connectivity index (χ0) is 16.4. The van der Waals surface area contributed by atoms with E-state index >= 15 is 0 Å². The molecule has 0 aliphatic carbocycles. The Kier molecular flexibility index (Phi) is 4.43. The first-order valence-electron chi connectivity index (χ1n) is 7.56. The van der Waals surface area contributed by atoms with E-state index in [1.54, 1.807) is 11.0 Å². The van der Waals surface area contributed by atoms with Crippen molar-refractivity contribution in [3.8, 4) is 0 Å². The van der Waals surface area contributed by atoms with Gasteiger partial charge in [-0.25, -0.2) is 8.78 Å². The Hall–Kier alpha value is -2.21. The third kappa shape index (κ3) is 3.27. The van der Waals surface area contributed by atoms with E-state index in [9.17, 15) is 13.6 Å². The predicted molar refractivity (Wildman–Crippen MR) is 81.0 cm³/mol. The van der Waals surface area contributed by atoms with Gasteiger partial charge in [-0.1, -0.05) is 0 Å². The standard InChI is InChI=1S/C17H18F2N2O2/c1-12(15-10-14(18)2-3-16(15)19)20-5-7-21(8-6-20)17(22)13-4-9-23-11-13/h2-4,9-12H,5-8H2,1H3/t12-/m0/s1. The van der Waals surface area contributed by atoms with Gasteiger partial charge in [0.1, 0.15) is 17.9 Å². The van der Waals surface area contributed by atoms with Crippen molar-refractivity contribution in [3.63, 3.8) is 0 Å². The largest absolute Gasteiger partial charge is 0.472 e. The smallest absolute Gasteiger partial charge is 0.257 e. The van der Waals surface area contributed by atoms with Crippen molar-refractivity contribution in [2.75, 3.05) is 26.2 Å². The van der Waals surface area contributed by atoms with E-state index in [2.05, 4.69) is 4.90 Å². The molecule has 4 nitrogen and oxygen atoms in total. The molecule has 23 heavy (non-hydrogen) atoms. The topological polar surface area (TPSA) is 36.7 Å². The minimum absolute atomic E-state index is 0.0667. The summed E-state index contributed by atoms with van der Waals surface area (Å²) in [5.74, 6) is -0.916. The number of amides is 1. The highest BCUT2D eigenvalue weighted by molar-refractivity contribution is 5.93. The molecule has 2 aromatic rings. The van der Waals surface area contributed by atoms with Crippen LogP contribution in [0.1, 0.15) is 28.9 Å². The maximum absolute atomic E-state index is 13.9. The van der Waals surface area contributed by atoms with E-state index in [-0.39, 0.29) is 11.9 Å². The van der Waals surface area contributed by atoms with Crippen molar-refractivity contribution in [1.82, 2.24) is 9.80 Å². The highest BCUT2D eigenvalue weighted by Gasteiger charge is 2.27. The van der Waals surface area contributed by atoms with Gasteiger partial charge in [0.2, 0.25) is 0 Å². The van der Waals surface area contributed by atoms with Crippen LogP contribution in [0.5, 0.6) is 0 Å². The number of halogens is 2. The highest BCUT2D eigenvalue weighted by atomic mass is 19.1. The number of hydrogen-bond acceptors (Lipinski definition) is 3. The molecule has 0 spiro atoms. The molecule has 6 heteroatoms. The van der Waals surface area contributed by atoms with Gasteiger partial charge < -0.3 is 9.32 Å². The predicted octanol–water partition coefficient (Wildman–Crippen LogP) is 3.08. The van der Waals surface area contributed by atoms with E-state index in [1.165, 1.54) is 18.6 Å². The van der Waals surface area contributed by atoms with Gasteiger partial charge in [-0.15, -0.1) is 0 Å².